The third-order valence-electron chi connectivity index (χ3n) is 3.18. The summed E-state index contributed by atoms with van der Waals surface area (Å²) in [5, 5.41) is 2.36. The molecule has 0 aromatic heterocycles. The zero-order valence-corrected chi connectivity index (χ0v) is 13.0. The summed E-state index contributed by atoms with van der Waals surface area (Å²) in [6.07, 6.45) is -4.46. The molecule has 0 saturated carbocycles. The molecule has 8 heteroatoms. The van der Waals surface area contributed by atoms with Crippen molar-refractivity contribution in [1.82, 2.24) is 0 Å². The number of benzene rings is 2. The number of amides is 1. The molecule has 0 unspecified atom stereocenters. The lowest BCUT2D eigenvalue weighted by atomic mass is 10.1. The van der Waals surface area contributed by atoms with Gasteiger partial charge in [-0.2, -0.15) is 13.2 Å². The molecule has 0 radical (unpaired) electrons. The predicted octanol–water partition coefficient (Wildman–Crippen LogP) is 4.06. The summed E-state index contributed by atoms with van der Waals surface area (Å²) < 4.78 is 55.7. The van der Waals surface area contributed by atoms with Crippen LogP contribution in [-0.2, 0) is 11.0 Å². The summed E-state index contributed by atoms with van der Waals surface area (Å²) in [6.45, 7) is 0.733. The van der Waals surface area contributed by atoms with Crippen LogP contribution in [0.3, 0.4) is 0 Å². The lowest BCUT2D eigenvalue weighted by molar-refractivity contribution is -0.137. The predicted molar refractivity (Wildman–Crippen MR) is 82.0 cm³/mol. The van der Waals surface area contributed by atoms with Gasteiger partial charge in [-0.3, -0.25) is 9.59 Å². The highest BCUT2D eigenvalue weighted by Gasteiger charge is 2.29. The van der Waals surface area contributed by atoms with E-state index in [0.717, 1.165) is 36.4 Å². The highest BCUT2D eigenvalue weighted by atomic mass is 19.4. The van der Waals surface area contributed by atoms with Crippen LogP contribution < -0.4 is 10.1 Å². The average molecular weight is 355 g/mol. The Hall–Kier alpha value is -2.90. The van der Waals surface area contributed by atoms with Crippen molar-refractivity contribution >= 4 is 17.4 Å². The third kappa shape index (κ3) is 5.03. The minimum absolute atomic E-state index is 0.0117. The Morgan fingerprint density at radius 2 is 1.72 bits per heavy atom. The average Bonchev–Trinajstić information content (AvgIpc) is 2.53. The van der Waals surface area contributed by atoms with Gasteiger partial charge in [-0.1, -0.05) is 0 Å². The summed E-state index contributed by atoms with van der Waals surface area (Å²) in [5.41, 5.74) is -0.686. The second kappa shape index (κ2) is 7.33. The summed E-state index contributed by atoms with van der Waals surface area (Å²) >= 11 is 0. The van der Waals surface area contributed by atoms with Gasteiger partial charge in [0.15, 0.2) is 12.4 Å². The van der Waals surface area contributed by atoms with Crippen molar-refractivity contribution < 1.29 is 31.9 Å². The molecular formula is C17H13F4NO3. The fourth-order valence-electron chi connectivity index (χ4n) is 1.99. The van der Waals surface area contributed by atoms with Gasteiger partial charge in [0.1, 0.15) is 11.6 Å². The van der Waals surface area contributed by atoms with Crippen molar-refractivity contribution in [2.75, 3.05) is 11.9 Å². The fraction of sp³-hybridized carbons (Fsp3) is 0.176. The van der Waals surface area contributed by atoms with Crippen molar-refractivity contribution in [2.45, 2.75) is 13.1 Å². The monoisotopic (exact) mass is 355 g/mol. The highest BCUT2D eigenvalue weighted by molar-refractivity contribution is 5.97. The molecule has 0 bridgehead atoms. The van der Waals surface area contributed by atoms with Crippen molar-refractivity contribution in [3.05, 3.63) is 59.4 Å². The van der Waals surface area contributed by atoms with Gasteiger partial charge in [-0.15, -0.1) is 0 Å². The molecule has 132 valence electrons. The lowest BCUT2D eigenvalue weighted by Crippen LogP contribution is -2.21. The second-order valence-electron chi connectivity index (χ2n) is 5.11. The maximum absolute atomic E-state index is 13.1. The smallest absolute Gasteiger partial charge is 0.416 e. The lowest BCUT2D eigenvalue weighted by Gasteiger charge is -2.11. The number of Topliss-reactive ketones (excluding diaryl/α,β-unsaturated/α-hetero) is 1. The fourth-order valence-corrected chi connectivity index (χ4v) is 1.99. The number of rotatable bonds is 5. The number of hydrogen-bond donors (Lipinski definition) is 1. The molecule has 0 spiro atoms. The van der Waals surface area contributed by atoms with Crippen LogP contribution in [0.25, 0.3) is 0 Å². The van der Waals surface area contributed by atoms with E-state index in [0.29, 0.717) is 0 Å². The van der Waals surface area contributed by atoms with Crippen LogP contribution in [-0.4, -0.2) is 18.3 Å². The normalized spacial score (nSPS) is 11.1. The van der Waals surface area contributed by atoms with Crippen molar-refractivity contribution in [3.8, 4) is 5.75 Å². The largest absolute Gasteiger partial charge is 0.483 e. The Morgan fingerprint density at radius 3 is 2.28 bits per heavy atom. The molecule has 0 fully saturated rings. The number of ether oxygens (including phenoxy) is 1. The van der Waals surface area contributed by atoms with Gasteiger partial charge in [0, 0.05) is 5.69 Å². The summed E-state index contributed by atoms with van der Waals surface area (Å²) in [5.74, 6) is -1.65. The van der Waals surface area contributed by atoms with E-state index >= 15 is 0 Å². The van der Waals surface area contributed by atoms with Gasteiger partial charge in [-0.05, 0) is 49.4 Å². The van der Waals surface area contributed by atoms with Gasteiger partial charge in [0.25, 0.3) is 5.91 Å². The Bertz CT molecular complexity index is 785. The van der Waals surface area contributed by atoms with Crippen LogP contribution in [0, 0.1) is 5.82 Å². The van der Waals surface area contributed by atoms with E-state index in [1.807, 2.05) is 0 Å². The maximum atomic E-state index is 13.1. The van der Waals surface area contributed by atoms with Crippen LogP contribution in [0.4, 0.5) is 23.2 Å². The molecule has 2 rings (SSSR count). The third-order valence-corrected chi connectivity index (χ3v) is 3.18. The second-order valence-corrected chi connectivity index (χ2v) is 5.11. The number of alkyl halides is 3. The standard InChI is InChI=1S/C17H13F4NO3/c1-10(23)14-8-12(18)4-7-15(14)25-9-16(24)22-13-5-2-11(3-6-13)17(19,20)21/h2-8H,9H2,1H3,(H,22,24). The number of carbonyl (C=O) groups is 2. The van der Waals surface area contributed by atoms with E-state index < -0.39 is 35.9 Å². The molecule has 25 heavy (non-hydrogen) atoms. The quantitative estimate of drug-likeness (QED) is 0.650. The summed E-state index contributed by atoms with van der Waals surface area (Å²) in [6, 6.07) is 7.19. The first-order valence-corrected chi connectivity index (χ1v) is 7.07. The Labute approximate surface area is 140 Å². The molecule has 2 aromatic rings. The van der Waals surface area contributed by atoms with E-state index in [-0.39, 0.29) is 17.0 Å². The van der Waals surface area contributed by atoms with E-state index in [9.17, 15) is 27.2 Å². The van der Waals surface area contributed by atoms with E-state index in [2.05, 4.69) is 5.32 Å². The first-order chi connectivity index (χ1) is 11.7. The van der Waals surface area contributed by atoms with Crippen LogP contribution in [0.5, 0.6) is 5.75 Å². The van der Waals surface area contributed by atoms with Gasteiger partial charge in [0.05, 0.1) is 11.1 Å². The molecule has 1 amide bonds. The number of hydrogen-bond acceptors (Lipinski definition) is 3. The molecule has 0 aliphatic rings. The Balaban J connectivity index is 1.99. The van der Waals surface area contributed by atoms with Crippen molar-refractivity contribution in [3.63, 3.8) is 0 Å². The molecule has 1 N–H and O–H groups in total. The van der Waals surface area contributed by atoms with Crippen LogP contribution in [0.15, 0.2) is 42.5 Å². The van der Waals surface area contributed by atoms with E-state index in [1.54, 1.807) is 0 Å². The van der Waals surface area contributed by atoms with Gasteiger partial charge >= 0.3 is 6.18 Å². The Kier molecular flexibility index (Phi) is 5.41. The minimum Gasteiger partial charge on any atom is -0.483 e. The van der Waals surface area contributed by atoms with Crippen LogP contribution >= 0.6 is 0 Å². The molecule has 0 aliphatic heterocycles. The SMILES string of the molecule is CC(=O)c1cc(F)ccc1OCC(=O)Nc1ccc(C(F)(F)F)cc1. The van der Waals surface area contributed by atoms with Crippen molar-refractivity contribution in [2.24, 2.45) is 0 Å². The van der Waals surface area contributed by atoms with E-state index in [1.165, 1.54) is 13.0 Å². The maximum Gasteiger partial charge on any atom is 0.416 e. The number of nitrogens with one attached hydrogen (secondary N) is 1. The van der Waals surface area contributed by atoms with Gasteiger partial charge < -0.3 is 10.1 Å². The molecule has 0 heterocycles. The van der Waals surface area contributed by atoms with Gasteiger partial charge in [0.2, 0.25) is 0 Å². The van der Waals surface area contributed by atoms with Crippen LogP contribution in [0.1, 0.15) is 22.8 Å². The molecular weight excluding hydrogens is 342 g/mol. The number of halogens is 4. The molecule has 2 aromatic carbocycles. The Morgan fingerprint density at radius 1 is 1.08 bits per heavy atom. The van der Waals surface area contributed by atoms with Gasteiger partial charge in [-0.25, -0.2) is 4.39 Å². The molecule has 0 aliphatic carbocycles. The first kappa shape index (κ1) is 18.4. The molecule has 0 atom stereocenters. The van der Waals surface area contributed by atoms with Crippen LogP contribution in [0.2, 0.25) is 0 Å². The highest BCUT2D eigenvalue weighted by Crippen LogP contribution is 2.29. The number of ketones is 1. The molecule has 4 nitrogen and oxygen atoms in total. The minimum atomic E-state index is -4.46. The first-order valence-electron chi connectivity index (χ1n) is 7.07. The zero-order chi connectivity index (χ0) is 18.6. The number of carbonyl (C=O) groups excluding carboxylic acids is 2. The van der Waals surface area contributed by atoms with Crippen molar-refractivity contribution in [1.29, 1.82) is 0 Å². The summed E-state index contributed by atoms with van der Waals surface area (Å²) in [4.78, 5) is 23.2. The summed E-state index contributed by atoms with van der Waals surface area (Å²) in [7, 11) is 0. The van der Waals surface area contributed by atoms with E-state index in [4.69, 9.17) is 4.74 Å². The zero-order valence-electron chi connectivity index (χ0n) is 13.0. The number of anilines is 1. The topological polar surface area (TPSA) is 55.4 Å². The molecule has 0 saturated heterocycles.